The minimum atomic E-state index is -1.29. The Kier molecular flexibility index (Phi) is 8.46. The molecule has 1 amide bonds. The van der Waals surface area contributed by atoms with Gasteiger partial charge in [-0.15, -0.1) is 0 Å². The Morgan fingerprint density at radius 2 is 1.74 bits per heavy atom. The summed E-state index contributed by atoms with van der Waals surface area (Å²) in [6.45, 7) is 7.02. The fourth-order valence-corrected chi connectivity index (χ4v) is 4.51. The molecule has 0 spiro atoms. The first-order chi connectivity index (χ1) is 16.4. The molecule has 1 aliphatic rings. The summed E-state index contributed by atoms with van der Waals surface area (Å²) >= 11 is 12.4. The van der Waals surface area contributed by atoms with Crippen molar-refractivity contribution >= 4 is 41.0 Å². The standard InChI is InChI=1S/C26H29Cl2NO6/c1-5-19(25(33)35-26(2,3)4)29-22(15-9-11-17(27)12-10-15)23(16-7-6-8-18(28)13-16)34-20(24(29)32)14-21(30)31/h6-13,19-20,22-23H,5,14H2,1-4H3,(H,30,31)/t19?,20-,22+,23+/m0/s1. The highest BCUT2D eigenvalue weighted by atomic mass is 35.5. The minimum absolute atomic E-state index is 0.257. The lowest BCUT2D eigenvalue weighted by Gasteiger charge is -2.47. The number of halogens is 2. The zero-order chi connectivity index (χ0) is 25.9. The van der Waals surface area contributed by atoms with Crippen LogP contribution in [0.5, 0.6) is 0 Å². The zero-order valence-electron chi connectivity index (χ0n) is 20.0. The van der Waals surface area contributed by atoms with Crippen LogP contribution in [0.3, 0.4) is 0 Å². The summed E-state index contributed by atoms with van der Waals surface area (Å²) in [6, 6.07) is 12.1. The van der Waals surface area contributed by atoms with Crippen LogP contribution in [-0.4, -0.2) is 45.6 Å². The van der Waals surface area contributed by atoms with Crippen LogP contribution < -0.4 is 0 Å². The maximum atomic E-state index is 13.7. The number of carboxylic acids is 1. The van der Waals surface area contributed by atoms with E-state index >= 15 is 0 Å². The van der Waals surface area contributed by atoms with E-state index in [-0.39, 0.29) is 6.42 Å². The molecule has 1 heterocycles. The van der Waals surface area contributed by atoms with Gasteiger partial charge in [0.2, 0.25) is 0 Å². The number of morpholine rings is 1. The van der Waals surface area contributed by atoms with Crippen molar-refractivity contribution in [3.63, 3.8) is 0 Å². The molecule has 1 saturated heterocycles. The van der Waals surface area contributed by atoms with Crippen molar-refractivity contribution in [2.45, 2.75) is 70.4 Å². The molecule has 1 N–H and O–H groups in total. The number of esters is 1. The lowest BCUT2D eigenvalue weighted by Crippen LogP contribution is -2.57. The second-order valence-corrected chi connectivity index (χ2v) is 10.3. The van der Waals surface area contributed by atoms with Gasteiger partial charge in [0.15, 0.2) is 0 Å². The molecule has 9 heteroatoms. The van der Waals surface area contributed by atoms with Gasteiger partial charge in [0.1, 0.15) is 23.9 Å². The van der Waals surface area contributed by atoms with Crippen LogP contribution in [0.25, 0.3) is 0 Å². The highest BCUT2D eigenvalue weighted by molar-refractivity contribution is 6.30. The van der Waals surface area contributed by atoms with Crippen LogP contribution in [-0.2, 0) is 23.9 Å². The molecule has 2 aromatic carbocycles. The summed E-state index contributed by atoms with van der Waals surface area (Å²) in [5.41, 5.74) is 0.537. The van der Waals surface area contributed by atoms with Crippen molar-refractivity contribution in [3.05, 3.63) is 69.7 Å². The maximum Gasteiger partial charge on any atom is 0.329 e. The number of carbonyl (C=O) groups is 3. The monoisotopic (exact) mass is 521 g/mol. The zero-order valence-corrected chi connectivity index (χ0v) is 21.5. The summed E-state index contributed by atoms with van der Waals surface area (Å²) in [7, 11) is 0. The summed E-state index contributed by atoms with van der Waals surface area (Å²) in [6.07, 6.45) is -2.39. The second kappa shape index (κ2) is 11.0. The van der Waals surface area contributed by atoms with Gasteiger partial charge in [-0.25, -0.2) is 4.79 Å². The molecule has 35 heavy (non-hydrogen) atoms. The summed E-state index contributed by atoms with van der Waals surface area (Å²) in [5, 5.41) is 10.4. The molecular weight excluding hydrogens is 493 g/mol. The Bertz CT molecular complexity index is 1080. The Hall–Kier alpha value is -2.61. The third-order valence-corrected chi connectivity index (χ3v) is 6.06. The summed E-state index contributed by atoms with van der Waals surface area (Å²) < 4.78 is 11.8. The normalized spacial score (nSPS) is 21.5. The molecule has 3 rings (SSSR count). The Morgan fingerprint density at radius 3 is 2.29 bits per heavy atom. The number of ether oxygens (including phenoxy) is 2. The van der Waals surface area contributed by atoms with E-state index in [0.717, 1.165) is 0 Å². The average molecular weight is 522 g/mol. The number of hydrogen-bond donors (Lipinski definition) is 1. The van der Waals surface area contributed by atoms with Gasteiger partial charge in [-0.05, 0) is 62.6 Å². The van der Waals surface area contributed by atoms with Crippen LogP contribution in [0.15, 0.2) is 48.5 Å². The third-order valence-electron chi connectivity index (χ3n) is 5.58. The molecule has 0 aromatic heterocycles. The van der Waals surface area contributed by atoms with Crippen LogP contribution in [0.1, 0.15) is 63.8 Å². The number of carboxylic acid groups (broad SMARTS) is 1. The van der Waals surface area contributed by atoms with Crippen LogP contribution in [0.4, 0.5) is 0 Å². The first-order valence-corrected chi connectivity index (χ1v) is 12.1. The van der Waals surface area contributed by atoms with E-state index < -0.39 is 54.2 Å². The number of hydrogen-bond acceptors (Lipinski definition) is 5. The van der Waals surface area contributed by atoms with E-state index in [4.69, 9.17) is 32.7 Å². The number of aliphatic carboxylic acids is 1. The molecule has 0 radical (unpaired) electrons. The van der Waals surface area contributed by atoms with Crippen molar-refractivity contribution in [1.82, 2.24) is 4.90 Å². The molecule has 4 atom stereocenters. The van der Waals surface area contributed by atoms with Gasteiger partial charge in [-0.3, -0.25) is 9.59 Å². The highest BCUT2D eigenvalue weighted by Crippen LogP contribution is 2.44. The molecule has 188 valence electrons. The highest BCUT2D eigenvalue weighted by Gasteiger charge is 2.49. The van der Waals surface area contributed by atoms with Crippen LogP contribution in [0, 0.1) is 0 Å². The molecule has 0 aliphatic carbocycles. The third kappa shape index (κ3) is 6.54. The fraction of sp³-hybridized carbons (Fsp3) is 0.423. The van der Waals surface area contributed by atoms with Gasteiger partial charge in [-0.2, -0.15) is 0 Å². The Morgan fingerprint density at radius 1 is 1.09 bits per heavy atom. The van der Waals surface area contributed by atoms with Gasteiger partial charge in [0.25, 0.3) is 5.91 Å². The number of rotatable bonds is 7. The molecule has 1 aliphatic heterocycles. The molecular formula is C26H29Cl2NO6. The lowest BCUT2D eigenvalue weighted by molar-refractivity contribution is -0.191. The maximum absolute atomic E-state index is 13.7. The predicted molar refractivity (Wildman–Crippen MR) is 132 cm³/mol. The number of nitrogens with zero attached hydrogens (tertiary/aromatic N) is 1. The molecule has 1 unspecified atom stereocenters. The predicted octanol–water partition coefficient (Wildman–Crippen LogP) is 5.60. The molecule has 7 nitrogen and oxygen atoms in total. The molecule has 1 fully saturated rings. The number of benzene rings is 2. The first kappa shape index (κ1) is 27.0. The topological polar surface area (TPSA) is 93.1 Å². The van der Waals surface area contributed by atoms with E-state index in [1.54, 1.807) is 76.2 Å². The van der Waals surface area contributed by atoms with Gasteiger partial charge in [-0.1, -0.05) is 54.4 Å². The number of carbonyl (C=O) groups excluding carboxylic acids is 2. The summed E-state index contributed by atoms with van der Waals surface area (Å²) in [4.78, 5) is 40.0. The van der Waals surface area contributed by atoms with Gasteiger partial charge < -0.3 is 19.5 Å². The molecule has 0 bridgehead atoms. The van der Waals surface area contributed by atoms with Crippen LogP contribution >= 0.6 is 23.2 Å². The Labute approximate surface area is 214 Å². The van der Waals surface area contributed by atoms with Crippen LogP contribution in [0.2, 0.25) is 10.0 Å². The minimum Gasteiger partial charge on any atom is -0.481 e. The van der Waals surface area contributed by atoms with E-state index in [1.165, 1.54) is 4.90 Å². The molecule has 0 saturated carbocycles. The molecule has 2 aromatic rings. The van der Waals surface area contributed by atoms with Gasteiger partial charge >= 0.3 is 11.9 Å². The van der Waals surface area contributed by atoms with Crippen molar-refractivity contribution in [2.24, 2.45) is 0 Å². The quantitative estimate of drug-likeness (QED) is 0.476. The smallest absolute Gasteiger partial charge is 0.329 e. The van der Waals surface area contributed by atoms with Gasteiger partial charge in [0, 0.05) is 10.0 Å². The van der Waals surface area contributed by atoms with E-state index in [1.807, 2.05) is 0 Å². The van der Waals surface area contributed by atoms with Crippen molar-refractivity contribution in [1.29, 1.82) is 0 Å². The SMILES string of the molecule is CCC(C(=O)OC(C)(C)C)N1C(=O)[C@H](CC(=O)O)O[C@H](c2cccc(Cl)c2)[C@H]1c1ccc(Cl)cc1. The first-order valence-electron chi connectivity index (χ1n) is 11.3. The van der Waals surface area contributed by atoms with E-state index in [0.29, 0.717) is 21.2 Å². The largest absolute Gasteiger partial charge is 0.481 e. The lowest BCUT2D eigenvalue weighted by atomic mass is 9.89. The second-order valence-electron chi connectivity index (χ2n) is 9.40. The summed E-state index contributed by atoms with van der Waals surface area (Å²) in [5.74, 6) is -2.36. The van der Waals surface area contributed by atoms with Crippen molar-refractivity contribution in [3.8, 4) is 0 Å². The van der Waals surface area contributed by atoms with Crippen molar-refractivity contribution in [2.75, 3.05) is 0 Å². The van der Waals surface area contributed by atoms with Gasteiger partial charge in [0.05, 0.1) is 12.5 Å². The fourth-order valence-electron chi connectivity index (χ4n) is 4.19. The average Bonchev–Trinajstić information content (AvgIpc) is 2.75. The Balaban J connectivity index is 2.20. The van der Waals surface area contributed by atoms with E-state index in [2.05, 4.69) is 0 Å². The van der Waals surface area contributed by atoms with E-state index in [9.17, 15) is 19.5 Å². The van der Waals surface area contributed by atoms with Crippen molar-refractivity contribution < 1.29 is 29.0 Å². The number of amides is 1.